The van der Waals surface area contributed by atoms with Crippen LogP contribution in [0.5, 0.6) is 0 Å². The highest BCUT2D eigenvalue weighted by Crippen LogP contribution is 2.20. The molecule has 1 aromatic heterocycles. The maximum absolute atomic E-state index is 5.39. The first kappa shape index (κ1) is 13.0. The fraction of sp³-hybridized carbons (Fsp3) is 0.667. The summed E-state index contributed by atoms with van der Waals surface area (Å²) < 4.78 is 0. The van der Waals surface area contributed by atoms with Gasteiger partial charge in [0.1, 0.15) is 17.5 Å². The van der Waals surface area contributed by atoms with Crippen LogP contribution in [-0.4, -0.2) is 41.0 Å². The lowest BCUT2D eigenvalue weighted by Gasteiger charge is -2.35. The van der Waals surface area contributed by atoms with E-state index < -0.39 is 0 Å². The van der Waals surface area contributed by atoms with Crippen molar-refractivity contribution in [1.82, 2.24) is 14.9 Å². The Balaban J connectivity index is 2.06. The Morgan fingerprint density at radius 3 is 2.78 bits per heavy atom. The SMILES string of the molecule is Cc1nc(NN)cc(NC2CCN(C)CC2C)n1. The average molecular weight is 250 g/mol. The fourth-order valence-corrected chi connectivity index (χ4v) is 2.47. The Labute approximate surface area is 108 Å². The maximum atomic E-state index is 5.39. The molecule has 0 radical (unpaired) electrons. The van der Waals surface area contributed by atoms with Gasteiger partial charge in [-0.25, -0.2) is 15.8 Å². The van der Waals surface area contributed by atoms with E-state index in [-0.39, 0.29) is 0 Å². The molecule has 0 amide bonds. The van der Waals surface area contributed by atoms with E-state index in [4.69, 9.17) is 5.84 Å². The Kier molecular flexibility index (Phi) is 3.98. The van der Waals surface area contributed by atoms with E-state index in [9.17, 15) is 0 Å². The van der Waals surface area contributed by atoms with Crippen LogP contribution in [0.2, 0.25) is 0 Å². The van der Waals surface area contributed by atoms with Gasteiger partial charge in [-0.15, -0.1) is 0 Å². The second kappa shape index (κ2) is 5.49. The number of nitrogens with zero attached hydrogens (tertiary/aromatic N) is 3. The molecule has 100 valence electrons. The van der Waals surface area contributed by atoms with Crippen molar-refractivity contribution >= 4 is 11.6 Å². The van der Waals surface area contributed by atoms with Crippen molar-refractivity contribution < 1.29 is 0 Å². The zero-order valence-corrected chi connectivity index (χ0v) is 11.3. The molecule has 0 aromatic carbocycles. The standard InChI is InChI=1S/C12H22N6/c1-8-7-18(3)5-4-10(8)16-11-6-12(17-13)15-9(2)14-11/h6,8,10H,4-5,7,13H2,1-3H3,(H2,14,15,16,17). The summed E-state index contributed by atoms with van der Waals surface area (Å²) in [6.07, 6.45) is 1.13. The van der Waals surface area contributed by atoms with Gasteiger partial charge in [-0.05, 0) is 32.9 Å². The number of nitrogens with two attached hydrogens (primary N) is 1. The predicted molar refractivity (Wildman–Crippen MR) is 73.3 cm³/mol. The molecule has 1 aliphatic rings. The maximum Gasteiger partial charge on any atom is 0.145 e. The number of anilines is 2. The average Bonchev–Trinajstić information content (AvgIpc) is 2.32. The number of rotatable bonds is 3. The molecular weight excluding hydrogens is 228 g/mol. The zero-order chi connectivity index (χ0) is 13.1. The second-order valence-electron chi connectivity index (χ2n) is 5.11. The largest absolute Gasteiger partial charge is 0.367 e. The zero-order valence-electron chi connectivity index (χ0n) is 11.3. The molecule has 1 aliphatic heterocycles. The molecule has 18 heavy (non-hydrogen) atoms. The minimum atomic E-state index is 0.459. The fourth-order valence-electron chi connectivity index (χ4n) is 2.47. The minimum absolute atomic E-state index is 0.459. The summed E-state index contributed by atoms with van der Waals surface area (Å²) in [6, 6.07) is 2.30. The van der Waals surface area contributed by atoms with Crippen molar-refractivity contribution in [2.24, 2.45) is 11.8 Å². The molecule has 1 fully saturated rings. The lowest BCUT2D eigenvalue weighted by molar-refractivity contribution is 0.206. The normalized spacial score (nSPS) is 24.9. The summed E-state index contributed by atoms with van der Waals surface area (Å²) in [7, 11) is 2.16. The highest BCUT2D eigenvalue weighted by atomic mass is 15.3. The molecule has 2 rings (SSSR count). The first-order chi connectivity index (χ1) is 8.58. The highest BCUT2D eigenvalue weighted by Gasteiger charge is 2.24. The van der Waals surface area contributed by atoms with Crippen LogP contribution in [-0.2, 0) is 0 Å². The molecule has 2 atom stereocenters. The molecule has 2 unspecified atom stereocenters. The molecular formula is C12H22N6. The van der Waals surface area contributed by atoms with Gasteiger partial charge in [-0.2, -0.15) is 0 Å². The van der Waals surface area contributed by atoms with Crippen LogP contribution in [0.3, 0.4) is 0 Å². The molecule has 0 bridgehead atoms. The molecule has 2 heterocycles. The third-order valence-electron chi connectivity index (χ3n) is 3.43. The lowest BCUT2D eigenvalue weighted by atomic mass is 9.94. The van der Waals surface area contributed by atoms with Crippen molar-refractivity contribution in [3.8, 4) is 0 Å². The predicted octanol–water partition coefficient (Wildman–Crippen LogP) is 0.823. The van der Waals surface area contributed by atoms with Crippen LogP contribution in [0.4, 0.5) is 11.6 Å². The Morgan fingerprint density at radius 2 is 2.11 bits per heavy atom. The van der Waals surface area contributed by atoms with Gasteiger partial charge in [0.05, 0.1) is 0 Å². The van der Waals surface area contributed by atoms with E-state index in [1.165, 1.54) is 0 Å². The van der Waals surface area contributed by atoms with Gasteiger partial charge >= 0.3 is 0 Å². The summed E-state index contributed by atoms with van der Waals surface area (Å²) in [4.78, 5) is 10.9. The lowest BCUT2D eigenvalue weighted by Crippen LogP contribution is -2.43. The highest BCUT2D eigenvalue weighted by molar-refractivity contribution is 5.47. The second-order valence-corrected chi connectivity index (χ2v) is 5.11. The van der Waals surface area contributed by atoms with Crippen molar-refractivity contribution in [2.45, 2.75) is 26.3 Å². The number of piperidine rings is 1. The monoisotopic (exact) mass is 250 g/mol. The number of hydrogen-bond donors (Lipinski definition) is 3. The number of nitrogen functional groups attached to an aromatic ring is 1. The van der Waals surface area contributed by atoms with Crippen molar-refractivity contribution in [2.75, 3.05) is 30.9 Å². The number of hydrogen-bond acceptors (Lipinski definition) is 6. The van der Waals surface area contributed by atoms with Crippen LogP contribution in [0.15, 0.2) is 6.07 Å². The van der Waals surface area contributed by atoms with Crippen LogP contribution < -0.4 is 16.6 Å². The Hall–Kier alpha value is -1.40. The first-order valence-corrected chi connectivity index (χ1v) is 6.36. The molecule has 4 N–H and O–H groups in total. The van der Waals surface area contributed by atoms with Crippen LogP contribution in [0.1, 0.15) is 19.2 Å². The van der Waals surface area contributed by atoms with Crippen LogP contribution >= 0.6 is 0 Å². The Bertz CT molecular complexity index is 408. The van der Waals surface area contributed by atoms with Crippen LogP contribution in [0, 0.1) is 12.8 Å². The van der Waals surface area contributed by atoms with E-state index in [2.05, 4.69) is 39.6 Å². The molecule has 0 spiro atoms. The van der Waals surface area contributed by atoms with E-state index in [0.29, 0.717) is 23.6 Å². The third kappa shape index (κ3) is 3.08. The van der Waals surface area contributed by atoms with E-state index >= 15 is 0 Å². The molecule has 1 aromatic rings. The summed E-state index contributed by atoms with van der Waals surface area (Å²) >= 11 is 0. The first-order valence-electron chi connectivity index (χ1n) is 6.36. The number of likely N-dealkylation sites (tertiary alicyclic amines) is 1. The summed E-state index contributed by atoms with van der Waals surface area (Å²) in [5.74, 6) is 8.20. The van der Waals surface area contributed by atoms with Crippen LogP contribution in [0.25, 0.3) is 0 Å². The van der Waals surface area contributed by atoms with E-state index in [1.54, 1.807) is 0 Å². The molecule has 6 heteroatoms. The summed E-state index contributed by atoms with van der Waals surface area (Å²) in [6.45, 7) is 6.37. The van der Waals surface area contributed by atoms with Gasteiger partial charge in [0.25, 0.3) is 0 Å². The summed E-state index contributed by atoms with van der Waals surface area (Å²) in [5, 5.41) is 3.49. The van der Waals surface area contributed by atoms with Gasteiger partial charge in [0.2, 0.25) is 0 Å². The number of nitrogens with one attached hydrogen (secondary N) is 2. The molecule has 1 saturated heterocycles. The van der Waals surface area contributed by atoms with Crippen molar-refractivity contribution in [3.05, 3.63) is 11.9 Å². The van der Waals surface area contributed by atoms with Crippen molar-refractivity contribution in [1.29, 1.82) is 0 Å². The molecule has 6 nitrogen and oxygen atoms in total. The quantitative estimate of drug-likeness (QED) is 0.544. The summed E-state index contributed by atoms with van der Waals surface area (Å²) in [5.41, 5.74) is 2.56. The minimum Gasteiger partial charge on any atom is -0.367 e. The van der Waals surface area contributed by atoms with Gasteiger partial charge in [-0.3, -0.25) is 0 Å². The molecule has 0 saturated carbocycles. The van der Waals surface area contributed by atoms with Crippen molar-refractivity contribution in [3.63, 3.8) is 0 Å². The van der Waals surface area contributed by atoms with Gasteiger partial charge < -0.3 is 15.6 Å². The Morgan fingerprint density at radius 1 is 1.39 bits per heavy atom. The van der Waals surface area contributed by atoms with Gasteiger partial charge in [-0.1, -0.05) is 6.92 Å². The van der Waals surface area contributed by atoms with E-state index in [0.717, 1.165) is 25.3 Å². The topological polar surface area (TPSA) is 79.1 Å². The molecule has 0 aliphatic carbocycles. The van der Waals surface area contributed by atoms with Gasteiger partial charge in [0, 0.05) is 18.7 Å². The smallest absolute Gasteiger partial charge is 0.145 e. The van der Waals surface area contributed by atoms with E-state index in [1.807, 2.05) is 13.0 Å². The number of hydrazine groups is 1. The number of aromatic nitrogens is 2. The third-order valence-corrected chi connectivity index (χ3v) is 3.43. The number of aryl methyl sites for hydroxylation is 1. The van der Waals surface area contributed by atoms with Gasteiger partial charge in [0.15, 0.2) is 0 Å².